The Morgan fingerprint density at radius 1 is 1.33 bits per heavy atom. The Labute approximate surface area is 127 Å². The maximum absolute atomic E-state index is 10.9. The second kappa shape index (κ2) is 9.07. The van der Waals surface area contributed by atoms with Crippen molar-refractivity contribution in [2.45, 2.75) is 46.0 Å². The predicted molar refractivity (Wildman–Crippen MR) is 84.5 cm³/mol. The molecule has 3 nitrogen and oxygen atoms in total. The topological polar surface area (TPSA) is 46.5 Å². The molecule has 0 spiro atoms. The molecule has 0 aromatic heterocycles. The maximum atomic E-state index is 10.9. The third-order valence-electron chi connectivity index (χ3n) is 3.56. The van der Waals surface area contributed by atoms with Gasteiger partial charge in [-0.2, -0.15) is 0 Å². The first-order chi connectivity index (χ1) is 10.1. The molecule has 0 aliphatic rings. The molecule has 0 saturated carbocycles. The molecule has 21 heavy (non-hydrogen) atoms. The van der Waals surface area contributed by atoms with Crippen LogP contribution in [0, 0.1) is 17.8 Å². The minimum absolute atomic E-state index is 0.0229. The average Bonchev–Trinajstić information content (AvgIpc) is 2.47. The van der Waals surface area contributed by atoms with Crippen LogP contribution in [0.5, 0.6) is 5.75 Å². The van der Waals surface area contributed by atoms with Crippen molar-refractivity contribution >= 4 is 5.97 Å². The number of carboxylic acid groups (broad SMARTS) is 1. The highest BCUT2D eigenvalue weighted by Gasteiger charge is 2.13. The van der Waals surface area contributed by atoms with Crippen molar-refractivity contribution in [1.29, 1.82) is 0 Å². The van der Waals surface area contributed by atoms with E-state index in [0.29, 0.717) is 12.5 Å². The lowest BCUT2D eigenvalue weighted by Crippen LogP contribution is -2.05. The number of hydrogen-bond donors (Lipinski definition) is 1. The van der Waals surface area contributed by atoms with Crippen LogP contribution in [-0.4, -0.2) is 17.7 Å². The highest BCUT2D eigenvalue weighted by atomic mass is 16.5. The van der Waals surface area contributed by atoms with Gasteiger partial charge in [-0.25, -0.2) is 0 Å². The van der Waals surface area contributed by atoms with Crippen LogP contribution in [-0.2, 0) is 4.79 Å². The molecule has 1 aromatic rings. The van der Waals surface area contributed by atoms with Crippen molar-refractivity contribution in [2.75, 3.05) is 6.61 Å². The zero-order valence-electron chi connectivity index (χ0n) is 13.1. The van der Waals surface area contributed by atoms with Crippen LogP contribution in [0.15, 0.2) is 24.3 Å². The Morgan fingerprint density at radius 3 is 2.52 bits per heavy atom. The zero-order valence-corrected chi connectivity index (χ0v) is 13.1. The summed E-state index contributed by atoms with van der Waals surface area (Å²) >= 11 is 0. The van der Waals surface area contributed by atoms with Crippen LogP contribution in [0.3, 0.4) is 0 Å². The van der Waals surface area contributed by atoms with Gasteiger partial charge in [-0.15, -0.1) is 5.92 Å². The molecule has 0 radical (unpaired) electrons. The van der Waals surface area contributed by atoms with E-state index in [-0.39, 0.29) is 12.3 Å². The average molecular weight is 288 g/mol. The SMILES string of the molecule is CC#C[C@@H](CC(=O)O)c1ccc(OCC[C@@H](C)CC)cc1. The largest absolute Gasteiger partial charge is 0.494 e. The molecule has 0 aliphatic carbocycles. The van der Waals surface area contributed by atoms with Crippen LogP contribution in [0.2, 0.25) is 0 Å². The van der Waals surface area contributed by atoms with Gasteiger partial charge in [0.25, 0.3) is 0 Å². The fraction of sp³-hybridized carbons (Fsp3) is 0.500. The first-order valence-electron chi connectivity index (χ1n) is 7.43. The highest BCUT2D eigenvalue weighted by molar-refractivity contribution is 5.69. The van der Waals surface area contributed by atoms with Gasteiger partial charge in [0.1, 0.15) is 5.75 Å². The van der Waals surface area contributed by atoms with E-state index in [1.165, 1.54) is 0 Å². The van der Waals surface area contributed by atoms with E-state index in [1.807, 2.05) is 24.3 Å². The molecule has 1 aromatic carbocycles. The number of ether oxygens (including phenoxy) is 1. The van der Waals surface area contributed by atoms with Gasteiger partial charge in [0.15, 0.2) is 0 Å². The van der Waals surface area contributed by atoms with Crippen molar-refractivity contribution in [1.82, 2.24) is 0 Å². The standard InChI is InChI=1S/C18H24O3/c1-4-6-16(13-18(19)20)15-7-9-17(10-8-15)21-12-11-14(3)5-2/h7-10,14,16H,5,11-13H2,1-3H3,(H,19,20)/t14-,16-/m0/s1. The Kier molecular flexibility index (Phi) is 7.39. The summed E-state index contributed by atoms with van der Waals surface area (Å²) in [6.45, 7) is 6.83. The van der Waals surface area contributed by atoms with Crippen LogP contribution in [0.4, 0.5) is 0 Å². The predicted octanol–water partition coefficient (Wildman–Crippen LogP) is 4.08. The summed E-state index contributed by atoms with van der Waals surface area (Å²) in [6, 6.07) is 7.57. The van der Waals surface area contributed by atoms with Crippen molar-refractivity contribution in [2.24, 2.45) is 5.92 Å². The van der Waals surface area contributed by atoms with Gasteiger partial charge >= 0.3 is 5.97 Å². The second-order valence-corrected chi connectivity index (χ2v) is 5.26. The van der Waals surface area contributed by atoms with Crippen molar-refractivity contribution in [3.8, 4) is 17.6 Å². The Hall–Kier alpha value is -1.95. The van der Waals surface area contributed by atoms with E-state index >= 15 is 0 Å². The van der Waals surface area contributed by atoms with Crippen LogP contribution in [0.1, 0.15) is 51.5 Å². The molecule has 1 N–H and O–H groups in total. The van der Waals surface area contributed by atoms with Gasteiger partial charge in [-0.1, -0.05) is 38.3 Å². The summed E-state index contributed by atoms with van der Waals surface area (Å²) in [4.78, 5) is 10.9. The molecule has 3 heteroatoms. The fourth-order valence-corrected chi connectivity index (χ4v) is 1.98. The normalized spacial score (nSPS) is 12.9. The number of hydrogen-bond acceptors (Lipinski definition) is 2. The van der Waals surface area contributed by atoms with Gasteiger partial charge in [-0.05, 0) is 37.0 Å². The maximum Gasteiger partial charge on any atom is 0.304 e. The van der Waals surface area contributed by atoms with Crippen LogP contribution < -0.4 is 4.74 Å². The molecule has 0 bridgehead atoms. The smallest absolute Gasteiger partial charge is 0.304 e. The third-order valence-corrected chi connectivity index (χ3v) is 3.56. The van der Waals surface area contributed by atoms with E-state index in [0.717, 1.165) is 24.2 Å². The first kappa shape index (κ1) is 17.1. The van der Waals surface area contributed by atoms with E-state index < -0.39 is 5.97 Å². The number of aliphatic carboxylic acids is 1. The minimum Gasteiger partial charge on any atom is -0.494 e. The lowest BCUT2D eigenvalue weighted by atomic mass is 9.96. The summed E-state index contributed by atoms with van der Waals surface area (Å²) < 4.78 is 5.70. The summed E-state index contributed by atoms with van der Waals surface area (Å²) in [5.41, 5.74) is 0.918. The van der Waals surface area contributed by atoms with Gasteiger partial charge < -0.3 is 9.84 Å². The lowest BCUT2D eigenvalue weighted by molar-refractivity contribution is -0.137. The van der Waals surface area contributed by atoms with Gasteiger partial charge in [-0.3, -0.25) is 4.79 Å². The summed E-state index contributed by atoms with van der Waals surface area (Å²) in [6.07, 6.45) is 2.23. The first-order valence-corrected chi connectivity index (χ1v) is 7.43. The molecule has 2 atom stereocenters. The van der Waals surface area contributed by atoms with Crippen LogP contribution in [0.25, 0.3) is 0 Å². The van der Waals surface area contributed by atoms with Gasteiger partial charge in [0, 0.05) is 0 Å². The van der Waals surface area contributed by atoms with E-state index in [9.17, 15) is 4.79 Å². The summed E-state index contributed by atoms with van der Waals surface area (Å²) in [7, 11) is 0. The van der Waals surface area contributed by atoms with E-state index in [2.05, 4.69) is 25.7 Å². The van der Waals surface area contributed by atoms with Gasteiger partial charge in [0.2, 0.25) is 0 Å². The number of carboxylic acids is 1. The molecule has 1 rings (SSSR count). The summed E-state index contributed by atoms with van der Waals surface area (Å²) in [5, 5.41) is 8.93. The third kappa shape index (κ3) is 6.35. The molecular weight excluding hydrogens is 264 g/mol. The second-order valence-electron chi connectivity index (χ2n) is 5.26. The van der Waals surface area contributed by atoms with Crippen molar-refractivity contribution in [3.63, 3.8) is 0 Å². The molecule has 0 fully saturated rings. The van der Waals surface area contributed by atoms with Crippen LogP contribution >= 0.6 is 0 Å². The molecule has 0 amide bonds. The molecule has 0 heterocycles. The number of carbonyl (C=O) groups is 1. The quantitative estimate of drug-likeness (QED) is 0.733. The monoisotopic (exact) mass is 288 g/mol. The minimum atomic E-state index is -0.836. The molecule has 0 saturated heterocycles. The molecule has 0 unspecified atom stereocenters. The van der Waals surface area contributed by atoms with Crippen molar-refractivity contribution in [3.05, 3.63) is 29.8 Å². The summed E-state index contributed by atoms with van der Waals surface area (Å²) in [5.74, 6) is 6.13. The van der Waals surface area contributed by atoms with E-state index in [4.69, 9.17) is 9.84 Å². The molecular formula is C18H24O3. The Balaban J connectivity index is 2.62. The van der Waals surface area contributed by atoms with Gasteiger partial charge in [0.05, 0.1) is 18.9 Å². The Morgan fingerprint density at radius 2 is 2.00 bits per heavy atom. The molecule has 114 valence electrons. The fourth-order valence-electron chi connectivity index (χ4n) is 1.98. The molecule has 0 aliphatic heterocycles. The van der Waals surface area contributed by atoms with E-state index in [1.54, 1.807) is 6.92 Å². The Bertz CT molecular complexity index is 493. The lowest BCUT2D eigenvalue weighted by Gasteiger charge is -2.12. The van der Waals surface area contributed by atoms with Crippen molar-refractivity contribution < 1.29 is 14.6 Å². The number of rotatable bonds is 8. The highest BCUT2D eigenvalue weighted by Crippen LogP contribution is 2.22. The zero-order chi connectivity index (χ0) is 15.7. The number of benzene rings is 1.